The van der Waals surface area contributed by atoms with E-state index in [9.17, 15) is 65.5 Å². The maximum Gasteiger partial charge on any atom is 0.460 e. The van der Waals surface area contributed by atoms with Crippen LogP contribution in [-0.2, 0) is 10.0 Å². The van der Waals surface area contributed by atoms with Crippen LogP contribution >= 0.6 is 0 Å². The van der Waals surface area contributed by atoms with Gasteiger partial charge in [-0.3, -0.25) is 0 Å². The molecule has 0 aliphatic rings. The van der Waals surface area contributed by atoms with Crippen LogP contribution in [0.3, 0.4) is 0 Å². The van der Waals surface area contributed by atoms with Crippen molar-refractivity contribution in [1.29, 1.82) is 0 Å². The Morgan fingerprint density at radius 2 is 1.13 bits per heavy atom. The normalized spacial score (nSPS) is 15.7. The highest BCUT2D eigenvalue weighted by molar-refractivity contribution is 7.89. The number of halogens is 13. The quantitative estimate of drug-likeness (QED) is 0.442. The van der Waals surface area contributed by atoms with Crippen LogP contribution in [0.15, 0.2) is 0 Å². The van der Waals surface area contributed by atoms with Crippen LogP contribution in [0.25, 0.3) is 0 Å². The Bertz CT molecular complexity index is 691. The minimum atomic E-state index is -8.01. The largest absolute Gasteiger partial charge is 0.460 e. The molecule has 0 heterocycles. The first-order valence-corrected chi connectivity index (χ1v) is 9.15. The van der Waals surface area contributed by atoms with Crippen LogP contribution in [0, 0.1) is 0 Å². The molecule has 18 heteroatoms. The second-order valence-electron chi connectivity index (χ2n) is 6.03. The van der Waals surface area contributed by atoms with E-state index in [0.717, 1.165) is 7.05 Å². The van der Waals surface area contributed by atoms with Gasteiger partial charge in [-0.2, -0.15) is 57.1 Å². The van der Waals surface area contributed by atoms with Crippen LogP contribution in [0.5, 0.6) is 0 Å². The molecule has 0 saturated heterocycles. The average molecular weight is 498 g/mol. The van der Waals surface area contributed by atoms with Crippen molar-refractivity contribution < 1.29 is 65.5 Å². The van der Waals surface area contributed by atoms with E-state index in [1.807, 2.05) is 0 Å². The zero-order chi connectivity index (χ0) is 24.6. The average Bonchev–Trinajstić information content (AvgIpc) is 2.56. The van der Waals surface area contributed by atoms with E-state index in [0.29, 0.717) is 4.31 Å². The van der Waals surface area contributed by atoms with Gasteiger partial charge in [0.1, 0.15) is 0 Å². The zero-order valence-corrected chi connectivity index (χ0v) is 15.5. The lowest BCUT2D eigenvalue weighted by Crippen LogP contribution is -2.70. The van der Waals surface area contributed by atoms with Crippen molar-refractivity contribution in [2.75, 3.05) is 25.9 Å². The first-order chi connectivity index (χ1) is 12.9. The van der Waals surface area contributed by atoms with Gasteiger partial charge >= 0.3 is 35.8 Å². The Morgan fingerprint density at radius 3 is 1.50 bits per heavy atom. The number of alkyl halides is 13. The van der Waals surface area contributed by atoms with E-state index in [1.54, 1.807) is 0 Å². The molecule has 2 N–H and O–H groups in total. The molecular weight excluding hydrogens is 483 g/mol. The van der Waals surface area contributed by atoms with Gasteiger partial charge in [-0.25, -0.2) is 12.7 Å². The van der Waals surface area contributed by atoms with Crippen LogP contribution < -0.4 is 5.73 Å². The molecule has 0 aromatic heterocycles. The highest BCUT2D eigenvalue weighted by Crippen LogP contribution is 2.60. The monoisotopic (exact) mass is 498 g/mol. The maximum atomic E-state index is 13.6. The van der Waals surface area contributed by atoms with Gasteiger partial charge in [-0.1, -0.05) is 0 Å². The number of hydrogen-bond donors (Lipinski definition) is 1. The smallest absolute Gasteiger partial charge is 0.330 e. The molecule has 182 valence electrons. The lowest BCUT2D eigenvalue weighted by molar-refractivity contribution is -0.439. The number of rotatable bonds is 11. The van der Waals surface area contributed by atoms with Gasteiger partial charge < -0.3 is 5.73 Å². The molecule has 0 aromatic carbocycles. The van der Waals surface area contributed by atoms with Crippen LogP contribution in [-0.4, -0.2) is 74.4 Å². The third-order valence-electron chi connectivity index (χ3n) is 3.82. The summed E-state index contributed by atoms with van der Waals surface area (Å²) in [5, 5.41) is 0. The van der Waals surface area contributed by atoms with E-state index >= 15 is 0 Å². The van der Waals surface area contributed by atoms with Gasteiger partial charge in [-0.05, 0) is 13.0 Å². The Kier molecular flexibility index (Phi) is 8.18. The highest BCUT2D eigenvalue weighted by Gasteiger charge is 2.90. The van der Waals surface area contributed by atoms with E-state index in [1.165, 1.54) is 0 Å². The molecule has 0 amide bonds. The summed E-state index contributed by atoms with van der Waals surface area (Å²) in [4.78, 5) is 0. The van der Waals surface area contributed by atoms with Gasteiger partial charge in [-0.15, -0.1) is 0 Å². The topological polar surface area (TPSA) is 63.4 Å². The molecule has 0 bridgehead atoms. The van der Waals surface area contributed by atoms with E-state index in [-0.39, 0.29) is 13.0 Å². The lowest BCUT2D eigenvalue weighted by atomic mass is 9.93. The molecule has 0 spiro atoms. The predicted molar refractivity (Wildman–Crippen MR) is 75.5 cm³/mol. The van der Waals surface area contributed by atoms with Crippen LogP contribution in [0.1, 0.15) is 12.8 Å². The molecule has 30 heavy (non-hydrogen) atoms. The van der Waals surface area contributed by atoms with Gasteiger partial charge in [0.05, 0.1) is 5.75 Å². The zero-order valence-electron chi connectivity index (χ0n) is 14.7. The summed E-state index contributed by atoms with van der Waals surface area (Å²) >= 11 is 0. The number of sulfonamides is 1. The van der Waals surface area contributed by atoms with E-state index < -0.39 is 64.5 Å². The molecule has 0 aliphatic carbocycles. The van der Waals surface area contributed by atoms with Gasteiger partial charge in [0, 0.05) is 20.0 Å². The van der Waals surface area contributed by atoms with Gasteiger partial charge in [0.15, 0.2) is 0 Å². The van der Waals surface area contributed by atoms with E-state index in [2.05, 4.69) is 0 Å². The van der Waals surface area contributed by atoms with Crippen molar-refractivity contribution in [1.82, 2.24) is 4.31 Å². The number of hydrogen-bond acceptors (Lipinski definition) is 3. The molecule has 0 radical (unpaired) electrons. The molecule has 0 aliphatic heterocycles. The summed E-state index contributed by atoms with van der Waals surface area (Å²) in [6.45, 7) is -0.546. The van der Waals surface area contributed by atoms with Crippen molar-refractivity contribution in [3.05, 3.63) is 0 Å². The molecule has 0 saturated carbocycles. The van der Waals surface area contributed by atoms with Crippen LogP contribution in [0.2, 0.25) is 0 Å². The number of nitrogens with two attached hydrogens (primary N) is 1. The van der Waals surface area contributed by atoms with Crippen molar-refractivity contribution in [3.63, 3.8) is 0 Å². The third kappa shape index (κ3) is 4.89. The minimum absolute atomic E-state index is 0.0564. The van der Waals surface area contributed by atoms with Crippen LogP contribution in [0.4, 0.5) is 57.1 Å². The Balaban J connectivity index is 5.92. The molecule has 4 nitrogen and oxygen atoms in total. The second-order valence-corrected chi connectivity index (χ2v) is 8.22. The molecule has 0 aromatic rings. The Morgan fingerprint density at radius 1 is 0.733 bits per heavy atom. The fourth-order valence-electron chi connectivity index (χ4n) is 1.83. The minimum Gasteiger partial charge on any atom is -0.330 e. The summed E-state index contributed by atoms with van der Waals surface area (Å²) in [7, 11) is -4.11. The van der Waals surface area contributed by atoms with Crippen molar-refractivity contribution in [2.45, 2.75) is 48.6 Å². The molecule has 0 rings (SSSR count). The fraction of sp³-hybridized carbons (Fsp3) is 1.00. The first-order valence-electron chi connectivity index (χ1n) is 7.54. The van der Waals surface area contributed by atoms with Gasteiger partial charge in [0.2, 0.25) is 10.0 Å². The Labute approximate surface area is 161 Å². The fourth-order valence-corrected chi connectivity index (χ4v) is 3.06. The van der Waals surface area contributed by atoms with Crippen molar-refractivity contribution in [2.24, 2.45) is 5.73 Å². The summed E-state index contributed by atoms with van der Waals surface area (Å²) in [6, 6.07) is 0. The summed E-state index contributed by atoms with van der Waals surface area (Å²) < 4.78 is 192. The summed E-state index contributed by atoms with van der Waals surface area (Å²) in [5.74, 6) is -39.7. The Hall–Kier alpha value is -1.04. The lowest BCUT2D eigenvalue weighted by Gasteiger charge is -2.39. The summed E-state index contributed by atoms with van der Waals surface area (Å²) in [6.07, 6.45) is -10.3. The predicted octanol–water partition coefficient (Wildman–Crippen LogP) is 3.73. The number of nitrogens with zero attached hydrogens (tertiary/aromatic N) is 1. The summed E-state index contributed by atoms with van der Waals surface area (Å²) in [5.41, 5.74) is 5.04. The second kappa shape index (κ2) is 8.48. The van der Waals surface area contributed by atoms with Crippen molar-refractivity contribution >= 4 is 10.0 Å². The molecule has 0 fully saturated rings. The standard InChI is InChI=1S/C12H15F13N2O2S/c1-27(5-2-4-26)30(28,29)6-3-7(13,14)8(15,16)9(17,18)10(19,20)11(21,22)12(23,24)25/h2-6,26H2,1H3. The molecule has 0 unspecified atom stereocenters. The van der Waals surface area contributed by atoms with E-state index in [4.69, 9.17) is 5.73 Å². The molecule has 0 atom stereocenters. The highest BCUT2D eigenvalue weighted by atomic mass is 32.2. The van der Waals surface area contributed by atoms with Gasteiger partial charge in [0.25, 0.3) is 0 Å². The SMILES string of the molecule is CN(CCCN)S(=O)(=O)CCC(F)(F)C(F)(F)C(F)(F)C(F)(F)C(F)(F)C(F)(F)F. The third-order valence-corrected chi connectivity index (χ3v) is 5.68. The molecular formula is C12H15F13N2O2S. The van der Waals surface area contributed by atoms with Crippen molar-refractivity contribution in [3.8, 4) is 0 Å². The maximum absolute atomic E-state index is 13.6. The first kappa shape index (κ1) is 29.0.